The summed E-state index contributed by atoms with van der Waals surface area (Å²) >= 11 is 0. The number of aromatic nitrogens is 1. The van der Waals surface area contributed by atoms with Crippen LogP contribution in [0.15, 0.2) is 29.2 Å². The lowest BCUT2D eigenvalue weighted by molar-refractivity contribution is 0.0529. The van der Waals surface area contributed by atoms with Crippen molar-refractivity contribution in [2.45, 2.75) is 19.8 Å². The van der Waals surface area contributed by atoms with Crippen LogP contribution in [0.25, 0.3) is 5.52 Å². The molecule has 1 fully saturated rings. The first-order valence-electron chi connectivity index (χ1n) is 8.88. The maximum absolute atomic E-state index is 12.7. The molecule has 0 atom stereocenters. The minimum Gasteiger partial charge on any atom is -0.462 e. The fourth-order valence-electron chi connectivity index (χ4n) is 3.34. The summed E-state index contributed by atoms with van der Waals surface area (Å²) in [5.74, 6) is -0.545. The molecule has 0 amide bonds. The second kappa shape index (κ2) is 8.02. The van der Waals surface area contributed by atoms with E-state index >= 15 is 0 Å². The molecule has 0 aromatic carbocycles. The van der Waals surface area contributed by atoms with Crippen LogP contribution in [0.1, 0.15) is 35.7 Å². The number of carbonyl (C=O) groups is 1. The summed E-state index contributed by atoms with van der Waals surface area (Å²) in [6.45, 7) is 5.38. The summed E-state index contributed by atoms with van der Waals surface area (Å²) in [5, 5.41) is 12.7. The van der Waals surface area contributed by atoms with Crippen LogP contribution < -0.4 is 10.9 Å². The van der Waals surface area contributed by atoms with Crippen LogP contribution >= 0.6 is 0 Å². The highest BCUT2D eigenvalue weighted by molar-refractivity contribution is 6.04. The molecule has 0 unspecified atom stereocenters. The van der Waals surface area contributed by atoms with E-state index in [1.54, 1.807) is 31.3 Å². The average molecular weight is 354 g/mol. The number of nitriles is 1. The number of anilines is 1. The van der Waals surface area contributed by atoms with Gasteiger partial charge in [0, 0.05) is 19.3 Å². The van der Waals surface area contributed by atoms with Crippen molar-refractivity contribution in [2.75, 3.05) is 38.1 Å². The molecule has 7 nitrogen and oxygen atoms in total. The number of carbonyl (C=O) groups excluding carboxylic acids is 1. The van der Waals surface area contributed by atoms with E-state index in [0.29, 0.717) is 12.1 Å². The van der Waals surface area contributed by atoms with Gasteiger partial charge in [-0.25, -0.2) is 4.79 Å². The van der Waals surface area contributed by atoms with E-state index in [-0.39, 0.29) is 23.4 Å². The van der Waals surface area contributed by atoms with E-state index in [1.807, 2.05) is 6.07 Å². The Morgan fingerprint density at radius 1 is 1.35 bits per heavy atom. The third-order valence-electron chi connectivity index (χ3n) is 4.57. The Balaban J connectivity index is 2.05. The number of nitrogens with zero attached hydrogens (tertiary/aromatic N) is 3. The molecule has 0 saturated carbocycles. The number of hydrogen-bond acceptors (Lipinski definition) is 6. The lowest BCUT2D eigenvalue weighted by Gasteiger charge is -2.18. The Morgan fingerprint density at radius 3 is 2.81 bits per heavy atom. The molecule has 2 aromatic rings. The van der Waals surface area contributed by atoms with Crippen molar-refractivity contribution in [3.63, 3.8) is 0 Å². The number of likely N-dealkylation sites (tertiary alicyclic amines) is 1. The molecule has 1 saturated heterocycles. The fourth-order valence-corrected chi connectivity index (χ4v) is 3.34. The number of esters is 1. The fraction of sp³-hybridized carbons (Fsp3) is 0.421. The first kappa shape index (κ1) is 18.0. The van der Waals surface area contributed by atoms with Crippen molar-refractivity contribution in [2.24, 2.45) is 0 Å². The van der Waals surface area contributed by atoms with E-state index in [2.05, 4.69) is 10.2 Å². The van der Waals surface area contributed by atoms with Gasteiger partial charge in [0.05, 0.1) is 17.8 Å². The van der Waals surface area contributed by atoms with Crippen LogP contribution in [0.2, 0.25) is 0 Å². The third kappa shape index (κ3) is 3.41. The molecule has 3 heterocycles. The Labute approximate surface area is 151 Å². The molecular weight excluding hydrogens is 332 g/mol. The van der Waals surface area contributed by atoms with Gasteiger partial charge in [0.25, 0.3) is 5.56 Å². The molecule has 1 N–H and O–H groups in total. The molecular formula is C19H22N4O3. The smallest absolute Gasteiger partial charge is 0.342 e. The summed E-state index contributed by atoms with van der Waals surface area (Å²) in [5.41, 5.74) is 0.406. The molecule has 0 bridgehead atoms. The third-order valence-corrected chi connectivity index (χ3v) is 4.57. The maximum Gasteiger partial charge on any atom is 0.342 e. The second-order valence-corrected chi connectivity index (χ2v) is 6.19. The number of fused-ring (bicyclic) bond motifs is 1. The highest BCUT2D eigenvalue weighted by atomic mass is 16.5. The zero-order valence-corrected chi connectivity index (χ0v) is 14.8. The summed E-state index contributed by atoms with van der Waals surface area (Å²) in [6, 6.07) is 7.07. The molecule has 0 spiro atoms. The van der Waals surface area contributed by atoms with Crippen molar-refractivity contribution < 1.29 is 9.53 Å². The van der Waals surface area contributed by atoms with Gasteiger partial charge >= 0.3 is 5.97 Å². The molecule has 136 valence electrons. The van der Waals surface area contributed by atoms with Crippen molar-refractivity contribution in [3.8, 4) is 6.07 Å². The Kier molecular flexibility index (Phi) is 5.54. The summed E-state index contributed by atoms with van der Waals surface area (Å²) < 4.78 is 6.50. The average Bonchev–Trinajstić information content (AvgIpc) is 3.16. The van der Waals surface area contributed by atoms with E-state index in [4.69, 9.17) is 4.74 Å². The lowest BCUT2D eigenvalue weighted by Crippen LogP contribution is -2.29. The number of rotatable bonds is 6. The van der Waals surface area contributed by atoms with Crippen molar-refractivity contribution >= 4 is 17.2 Å². The number of hydrogen-bond donors (Lipinski definition) is 1. The van der Waals surface area contributed by atoms with Crippen LogP contribution in [-0.2, 0) is 4.74 Å². The van der Waals surface area contributed by atoms with Gasteiger partial charge in [-0.15, -0.1) is 0 Å². The van der Waals surface area contributed by atoms with Crippen molar-refractivity contribution in [1.82, 2.24) is 9.30 Å². The van der Waals surface area contributed by atoms with Crippen molar-refractivity contribution in [1.29, 1.82) is 5.26 Å². The zero-order chi connectivity index (χ0) is 18.5. The molecule has 7 heteroatoms. The molecule has 2 aromatic heterocycles. The van der Waals surface area contributed by atoms with Gasteiger partial charge in [-0.2, -0.15) is 5.26 Å². The first-order chi connectivity index (χ1) is 12.7. The summed E-state index contributed by atoms with van der Waals surface area (Å²) in [4.78, 5) is 27.6. The molecule has 0 radical (unpaired) electrons. The topological polar surface area (TPSA) is 86.8 Å². The molecule has 1 aliphatic rings. The minimum absolute atomic E-state index is 0.0711. The van der Waals surface area contributed by atoms with Gasteiger partial charge < -0.3 is 15.0 Å². The SMILES string of the molecule is CCOC(=O)c1c(NCCN2CCCC2)c(C#N)c(=O)n2ccccc12. The normalized spacial score (nSPS) is 14.3. The van der Waals surface area contributed by atoms with E-state index in [0.717, 1.165) is 19.6 Å². The standard InChI is InChI=1S/C19H22N4O3/c1-2-26-19(25)16-15-7-3-4-11-23(15)18(24)14(13-20)17(16)21-8-12-22-9-5-6-10-22/h3-4,7,11,21H,2,5-6,8-10,12H2,1H3. The Bertz CT molecular complexity index is 907. The van der Waals surface area contributed by atoms with Crippen LogP contribution in [0, 0.1) is 11.3 Å². The molecule has 3 rings (SSSR count). The van der Waals surface area contributed by atoms with E-state index in [1.165, 1.54) is 17.2 Å². The van der Waals surface area contributed by atoms with Crippen LogP contribution in [0.5, 0.6) is 0 Å². The zero-order valence-electron chi connectivity index (χ0n) is 14.8. The number of nitrogens with one attached hydrogen (secondary N) is 1. The van der Waals surface area contributed by atoms with Gasteiger partial charge in [-0.05, 0) is 45.0 Å². The monoisotopic (exact) mass is 354 g/mol. The second-order valence-electron chi connectivity index (χ2n) is 6.19. The van der Waals surface area contributed by atoms with Gasteiger partial charge in [0.15, 0.2) is 0 Å². The quantitative estimate of drug-likeness (QED) is 0.797. The highest BCUT2D eigenvalue weighted by Crippen LogP contribution is 2.24. The van der Waals surface area contributed by atoms with E-state index in [9.17, 15) is 14.9 Å². The molecule has 26 heavy (non-hydrogen) atoms. The minimum atomic E-state index is -0.545. The molecule has 0 aliphatic carbocycles. The highest BCUT2D eigenvalue weighted by Gasteiger charge is 2.24. The predicted octanol–water partition coefficient (Wildman–Crippen LogP) is 1.86. The number of ether oxygens (including phenoxy) is 1. The van der Waals surface area contributed by atoms with Crippen LogP contribution in [0.4, 0.5) is 5.69 Å². The molecule has 1 aliphatic heterocycles. The van der Waals surface area contributed by atoms with Crippen LogP contribution in [0.3, 0.4) is 0 Å². The van der Waals surface area contributed by atoms with Crippen LogP contribution in [-0.4, -0.2) is 48.1 Å². The van der Waals surface area contributed by atoms with Gasteiger partial charge in [-0.1, -0.05) is 6.07 Å². The maximum atomic E-state index is 12.7. The number of pyridine rings is 2. The van der Waals surface area contributed by atoms with Gasteiger partial charge in [-0.3, -0.25) is 9.20 Å². The summed E-state index contributed by atoms with van der Waals surface area (Å²) in [6.07, 6.45) is 3.93. The van der Waals surface area contributed by atoms with Gasteiger partial charge in [0.1, 0.15) is 17.2 Å². The Hall–Kier alpha value is -2.85. The lowest BCUT2D eigenvalue weighted by atomic mass is 10.1. The van der Waals surface area contributed by atoms with E-state index < -0.39 is 11.5 Å². The first-order valence-corrected chi connectivity index (χ1v) is 8.88. The Morgan fingerprint density at radius 2 is 2.12 bits per heavy atom. The summed E-state index contributed by atoms with van der Waals surface area (Å²) in [7, 11) is 0. The predicted molar refractivity (Wildman–Crippen MR) is 98.5 cm³/mol. The largest absolute Gasteiger partial charge is 0.462 e. The van der Waals surface area contributed by atoms with Crippen molar-refractivity contribution in [3.05, 3.63) is 45.9 Å². The van der Waals surface area contributed by atoms with Gasteiger partial charge in [0.2, 0.25) is 0 Å².